The molecule has 2 aromatic carbocycles. The van der Waals surface area contributed by atoms with E-state index in [-0.39, 0.29) is 5.78 Å². The molecule has 0 amide bonds. The van der Waals surface area contributed by atoms with Gasteiger partial charge in [-0.05, 0) is 49.1 Å². The van der Waals surface area contributed by atoms with Crippen molar-refractivity contribution in [3.05, 3.63) is 47.5 Å². The molecule has 5 nitrogen and oxygen atoms in total. The Hall–Kier alpha value is -1.79. The van der Waals surface area contributed by atoms with Gasteiger partial charge >= 0.3 is 0 Å². The molecule has 2 aliphatic heterocycles. The number of ketones is 1. The molecule has 5 heteroatoms. The molecule has 4 rings (SSSR count). The Kier molecular flexibility index (Phi) is 5.76. The third-order valence-electron chi connectivity index (χ3n) is 5.78. The van der Waals surface area contributed by atoms with Gasteiger partial charge in [0.15, 0.2) is 17.9 Å². The van der Waals surface area contributed by atoms with Crippen LogP contribution in [0, 0.1) is 6.92 Å². The monoisotopic (exact) mass is 398 g/mol. The maximum Gasteiger partial charge on any atom is 0.190 e. The maximum absolute atomic E-state index is 12.8. The molecule has 2 fully saturated rings. The van der Waals surface area contributed by atoms with Gasteiger partial charge in [-0.2, -0.15) is 0 Å². The highest BCUT2D eigenvalue weighted by molar-refractivity contribution is 5.86. The van der Waals surface area contributed by atoms with Crippen molar-refractivity contribution >= 4 is 16.6 Å². The normalized spacial score (nSPS) is 28.0. The van der Waals surface area contributed by atoms with E-state index in [4.69, 9.17) is 18.9 Å². The lowest BCUT2D eigenvalue weighted by atomic mass is 9.99. The van der Waals surface area contributed by atoms with E-state index in [1.807, 2.05) is 26.0 Å². The van der Waals surface area contributed by atoms with Crippen LogP contribution < -0.4 is 0 Å². The minimum Gasteiger partial charge on any atom is -0.367 e. The average Bonchev–Trinajstić information content (AvgIpc) is 3.17. The van der Waals surface area contributed by atoms with E-state index in [0.29, 0.717) is 13.0 Å². The number of benzene rings is 2. The van der Waals surface area contributed by atoms with Crippen LogP contribution in [0.15, 0.2) is 36.4 Å². The molecule has 0 saturated carbocycles. The molecule has 0 N–H and O–H groups in total. The summed E-state index contributed by atoms with van der Waals surface area (Å²) in [6, 6.07) is 12.5. The molecule has 0 radical (unpaired) electrons. The van der Waals surface area contributed by atoms with Crippen molar-refractivity contribution in [3.63, 3.8) is 0 Å². The van der Waals surface area contributed by atoms with Gasteiger partial charge in [0.2, 0.25) is 0 Å². The average molecular weight is 398 g/mol. The van der Waals surface area contributed by atoms with Gasteiger partial charge in [0.25, 0.3) is 0 Å². The number of carbonyl (C=O) groups excluding carboxylic acids is 1. The molecule has 2 saturated heterocycles. The van der Waals surface area contributed by atoms with Gasteiger partial charge in [-0.1, -0.05) is 49.7 Å². The highest BCUT2D eigenvalue weighted by Gasteiger charge is 2.57. The van der Waals surface area contributed by atoms with Gasteiger partial charge in [-0.3, -0.25) is 4.79 Å². The van der Waals surface area contributed by atoms with Gasteiger partial charge in [0.05, 0.1) is 6.61 Å². The van der Waals surface area contributed by atoms with E-state index in [0.717, 1.165) is 24.0 Å². The number of ether oxygens (including phenoxy) is 4. The van der Waals surface area contributed by atoms with Crippen molar-refractivity contribution in [2.24, 2.45) is 0 Å². The molecular weight excluding hydrogens is 368 g/mol. The third kappa shape index (κ3) is 4.10. The summed E-state index contributed by atoms with van der Waals surface area (Å²) in [6.07, 6.45) is 0.182. The first-order valence-electron chi connectivity index (χ1n) is 10.5. The van der Waals surface area contributed by atoms with E-state index >= 15 is 0 Å². The second-order valence-corrected chi connectivity index (χ2v) is 8.45. The molecule has 2 aromatic rings. The van der Waals surface area contributed by atoms with E-state index in [1.54, 1.807) is 0 Å². The first kappa shape index (κ1) is 20.5. The number of hydrogen-bond acceptors (Lipinski definition) is 5. The number of Topliss-reactive ketones (excluding diaryl/α,β-unsaturated/α-hetero) is 1. The summed E-state index contributed by atoms with van der Waals surface area (Å²) >= 11 is 0. The van der Waals surface area contributed by atoms with Crippen molar-refractivity contribution in [1.29, 1.82) is 0 Å². The fraction of sp³-hybridized carbons (Fsp3) is 0.542. The molecule has 4 atom stereocenters. The zero-order valence-electron chi connectivity index (χ0n) is 17.6. The molecule has 0 aromatic heterocycles. The summed E-state index contributed by atoms with van der Waals surface area (Å²) in [4.78, 5) is 12.8. The van der Waals surface area contributed by atoms with Gasteiger partial charge in [-0.15, -0.1) is 0 Å². The number of rotatable bonds is 7. The van der Waals surface area contributed by atoms with Gasteiger partial charge in [0, 0.05) is 6.42 Å². The predicted octanol–water partition coefficient (Wildman–Crippen LogP) is 4.67. The number of fused-ring (bicyclic) bond motifs is 2. The standard InChI is InChI=1S/C24H30O5/c1-5-6-11-19(25)20-21(22-23(27-20)29-24(3,4)28-22)26-14-18-15(2)12-13-16-9-7-8-10-17(16)18/h7-10,12-13,20-23H,5-6,11,14H2,1-4H3/t20-,21+,22-,23-/m1/s1. The molecule has 0 aliphatic carbocycles. The quantitative estimate of drug-likeness (QED) is 0.678. The lowest BCUT2D eigenvalue weighted by Gasteiger charge is -2.26. The zero-order valence-corrected chi connectivity index (χ0v) is 17.6. The predicted molar refractivity (Wildman–Crippen MR) is 110 cm³/mol. The van der Waals surface area contributed by atoms with Crippen LogP contribution in [0.3, 0.4) is 0 Å². The van der Waals surface area contributed by atoms with Crippen molar-refractivity contribution < 1.29 is 23.7 Å². The summed E-state index contributed by atoms with van der Waals surface area (Å²) in [5.74, 6) is -0.685. The minimum absolute atomic E-state index is 0.0610. The fourth-order valence-corrected chi connectivity index (χ4v) is 4.23. The van der Waals surface area contributed by atoms with E-state index in [9.17, 15) is 4.79 Å². The Morgan fingerprint density at radius 1 is 1.14 bits per heavy atom. The molecule has 0 bridgehead atoms. The first-order chi connectivity index (χ1) is 13.9. The highest BCUT2D eigenvalue weighted by Crippen LogP contribution is 2.40. The number of aryl methyl sites for hydroxylation is 1. The van der Waals surface area contributed by atoms with E-state index in [2.05, 4.69) is 38.1 Å². The summed E-state index contributed by atoms with van der Waals surface area (Å²) in [5.41, 5.74) is 2.29. The van der Waals surface area contributed by atoms with Crippen LogP contribution in [-0.2, 0) is 30.3 Å². The molecule has 0 spiro atoms. The summed E-state index contributed by atoms with van der Waals surface area (Å²) in [6.45, 7) is 8.26. The summed E-state index contributed by atoms with van der Waals surface area (Å²) in [5, 5.41) is 2.34. The van der Waals surface area contributed by atoms with Crippen LogP contribution in [-0.4, -0.2) is 36.2 Å². The molecule has 0 unspecified atom stereocenters. The third-order valence-corrected chi connectivity index (χ3v) is 5.78. The molecule has 29 heavy (non-hydrogen) atoms. The summed E-state index contributed by atoms with van der Waals surface area (Å²) in [7, 11) is 0. The van der Waals surface area contributed by atoms with Crippen molar-refractivity contribution in [2.75, 3.05) is 0 Å². The largest absolute Gasteiger partial charge is 0.367 e. The Labute approximate surface area is 172 Å². The van der Waals surface area contributed by atoms with Crippen LogP contribution >= 0.6 is 0 Å². The Morgan fingerprint density at radius 2 is 1.93 bits per heavy atom. The number of carbonyl (C=O) groups is 1. The number of unbranched alkanes of at least 4 members (excludes halogenated alkanes) is 1. The molecule has 2 heterocycles. The van der Waals surface area contributed by atoms with Crippen LogP contribution in [0.4, 0.5) is 0 Å². The van der Waals surface area contributed by atoms with Crippen molar-refractivity contribution in [1.82, 2.24) is 0 Å². The van der Waals surface area contributed by atoms with Crippen molar-refractivity contribution in [3.8, 4) is 0 Å². The number of hydrogen-bond donors (Lipinski definition) is 0. The summed E-state index contributed by atoms with van der Waals surface area (Å²) < 4.78 is 24.2. The first-order valence-corrected chi connectivity index (χ1v) is 10.5. The van der Waals surface area contributed by atoms with Crippen LogP contribution in [0.5, 0.6) is 0 Å². The zero-order chi connectivity index (χ0) is 20.6. The Morgan fingerprint density at radius 3 is 2.72 bits per heavy atom. The van der Waals surface area contributed by atoms with Crippen LogP contribution in [0.1, 0.15) is 51.2 Å². The maximum atomic E-state index is 12.8. The SMILES string of the molecule is CCCCC(=O)[C@H]1O[C@@H]2OC(C)(C)O[C@@H]2[C@H]1OCc1c(C)ccc2ccccc12. The molecular formula is C24H30O5. The topological polar surface area (TPSA) is 54.0 Å². The van der Waals surface area contributed by atoms with E-state index in [1.165, 1.54) is 10.8 Å². The van der Waals surface area contributed by atoms with Crippen LogP contribution in [0.2, 0.25) is 0 Å². The lowest BCUT2D eigenvalue weighted by Crippen LogP contribution is -2.40. The molecule has 2 aliphatic rings. The second-order valence-electron chi connectivity index (χ2n) is 8.45. The van der Waals surface area contributed by atoms with Crippen LogP contribution in [0.25, 0.3) is 10.8 Å². The fourth-order valence-electron chi connectivity index (χ4n) is 4.23. The van der Waals surface area contributed by atoms with Gasteiger partial charge < -0.3 is 18.9 Å². The Bertz CT molecular complexity index is 890. The lowest BCUT2D eigenvalue weighted by molar-refractivity contribution is -0.218. The highest BCUT2D eigenvalue weighted by atomic mass is 16.8. The molecule has 156 valence electrons. The smallest absolute Gasteiger partial charge is 0.190 e. The second kappa shape index (κ2) is 8.15. The van der Waals surface area contributed by atoms with Crippen molar-refractivity contribution in [2.45, 2.75) is 84.0 Å². The van der Waals surface area contributed by atoms with Gasteiger partial charge in [0.1, 0.15) is 18.3 Å². The minimum atomic E-state index is -0.746. The van der Waals surface area contributed by atoms with Gasteiger partial charge in [-0.25, -0.2) is 0 Å². The Balaban J connectivity index is 1.57. The van der Waals surface area contributed by atoms with E-state index < -0.39 is 30.4 Å².